The van der Waals surface area contributed by atoms with E-state index in [-0.39, 0.29) is 0 Å². The van der Waals surface area contributed by atoms with E-state index in [2.05, 4.69) is 9.64 Å². The lowest BCUT2D eigenvalue weighted by Crippen LogP contribution is -2.43. The molecule has 128 valence electrons. The molecule has 1 aromatic rings. The number of carbonyl (C=O) groups excluding carboxylic acids is 1. The number of ether oxygens (including phenoxy) is 1. The van der Waals surface area contributed by atoms with Crippen molar-refractivity contribution in [3.63, 3.8) is 0 Å². The van der Waals surface area contributed by atoms with Gasteiger partial charge < -0.3 is 4.74 Å². The van der Waals surface area contributed by atoms with E-state index in [0.29, 0.717) is 32.5 Å². The van der Waals surface area contributed by atoms with E-state index in [9.17, 15) is 22.0 Å². The fraction of sp³-hybridized carbons (Fsp3) is 0.500. The number of hydrogen-bond acceptors (Lipinski definition) is 5. The molecule has 1 fully saturated rings. The van der Waals surface area contributed by atoms with Crippen molar-refractivity contribution in [3.05, 3.63) is 35.9 Å². The van der Waals surface area contributed by atoms with E-state index >= 15 is 0 Å². The summed E-state index contributed by atoms with van der Waals surface area (Å²) in [4.78, 5) is 13.3. The van der Waals surface area contributed by atoms with Crippen LogP contribution in [-0.4, -0.2) is 48.3 Å². The van der Waals surface area contributed by atoms with Crippen LogP contribution in [-0.2, 0) is 26.2 Å². The molecule has 1 heterocycles. The average molecular weight is 349 g/mol. The van der Waals surface area contributed by atoms with Crippen molar-refractivity contribution in [2.45, 2.75) is 30.7 Å². The maximum absolute atomic E-state index is 13.1. The predicted molar refractivity (Wildman–Crippen MR) is 77.3 cm³/mol. The Morgan fingerprint density at radius 1 is 1.26 bits per heavy atom. The highest BCUT2D eigenvalue weighted by Gasteiger charge is 2.54. The van der Waals surface area contributed by atoms with Gasteiger partial charge in [-0.3, -0.25) is 9.45 Å². The number of halogens is 2. The van der Waals surface area contributed by atoms with Gasteiger partial charge in [-0.25, -0.2) is 4.79 Å². The first-order valence-electron chi connectivity index (χ1n) is 7.02. The Balaban J connectivity index is 1.84. The number of nitrogens with zero attached hydrogens (tertiary/aromatic N) is 1. The molecule has 1 aliphatic rings. The fourth-order valence-electron chi connectivity index (χ4n) is 2.35. The summed E-state index contributed by atoms with van der Waals surface area (Å²) < 4.78 is 60.1. The van der Waals surface area contributed by atoms with E-state index < -0.39 is 27.4 Å². The zero-order chi connectivity index (χ0) is 17.1. The highest BCUT2D eigenvalue weighted by atomic mass is 32.2. The third kappa shape index (κ3) is 4.46. The molecule has 9 heteroatoms. The van der Waals surface area contributed by atoms with Crippen LogP contribution in [0, 0.1) is 0 Å². The van der Waals surface area contributed by atoms with Gasteiger partial charge in [0.15, 0.2) is 0 Å². The summed E-state index contributed by atoms with van der Waals surface area (Å²) in [6.07, 6.45) is -0.151. The van der Waals surface area contributed by atoms with Crippen molar-refractivity contribution >= 4 is 16.1 Å². The average Bonchev–Trinajstić information content (AvgIpc) is 2.49. The molecule has 0 atom stereocenters. The normalized spacial score (nSPS) is 17.9. The number of esters is 1. The molecule has 1 aliphatic heterocycles. The minimum atomic E-state index is -5.82. The number of piperidine rings is 1. The molecule has 0 aliphatic carbocycles. The summed E-state index contributed by atoms with van der Waals surface area (Å²) in [6, 6.07) is 9.69. The van der Waals surface area contributed by atoms with E-state index in [0.717, 1.165) is 5.56 Å². The molecule has 1 saturated heterocycles. The van der Waals surface area contributed by atoms with Crippen LogP contribution >= 0.6 is 0 Å². The maximum Gasteiger partial charge on any atom is 0.465 e. The minimum absolute atomic E-state index is 0.320. The van der Waals surface area contributed by atoms with Gasteiger partial charge >= 0.3 is 21.3 Å². The lowest BCUT2D eigenvalue weighted by molar-refractivity contribution is -0.169. The number of benzene rings is 1. The molecular formula is C14H17F2NO5S. The van der Waals surface area contributed by atoms with Crippen molar-refractivity contribution in [1.29, 1.82) is 0 Å². The van der Waals surface area contributed by atoms with Gasteiger partial charge in [-0.1, -0.05) is 30.3 Å². The Labute approximate surface area is 132 Å². The van der Waals surface area contributed by atoms with Crippen LogP contribution in [0.25, 0.3) is 0 Å². The van der Waals surface area contributed by atoms with E-state index in [1.807, 2.05) is 30.3 Å². The summed E-state index contributed by atoms with van der Waals surface area (Å²) in [5.74, 6) is -2.23. The molecule has 0 aromatic heterocycles. The second kappa shape index (κ2) is 6.90. The topological polar surface area (TPSA) is 83.9 Å². The van der Waals surface area contributed by atoms with Gasteiger partial charge in [-0.2, -0.15) is 17.2 Å². The number of alkyl halides is 2. The summed E-state index contributed by atoms with van der Waals surface area (Å²) in [6.45, 7) is 1.76. The first kappa shape index (κ1) is 17.8. The number of likely N-dealkylation sites (tertiary alicyclic amines) is 1. The monoisotopic (exact) mass is 349 g/mol. The van der Waals surface area contributed by atoms with Crippen LogP contribution < -0.4 is 0 Å². The molecule has 0 unspecified atom stereocenters. The van der Waals surface area contributed by atoms with E-state index in [1.165, 1.54) is 0 Å². The minimum Gasteiger partial charge on any atom is -0.457 e. The quantitative estimate of drug-likeness (QED) is 0.643. The highest BCUT2D eigenvalue weighted by Crippen LogP contribution is 2.25. The van der Waals surface area contributed by atoms with Gasteiger partial charge in [-0.15, -0.1) is 0 Å². The molecule has 0 radical (unpaired) electrons. The number of rotatable bonds is 5. The first-order chi connectivity index (χ1) is 10.7. The van der Waals surface area contributed by atoms with Crippen LogP contribution in [0.4, 0.5) is 8.78 Å². The maximum atomic E-state index is 13.1. The second-order valence-electron chi connectivity index (χ2n) is 5.36. The zero-order valence-electron chi connectivity index (χ0n) is 12.2. The molecule has 0 bridgehead atoms. The van der Waals surface area contributed by atoms with Gasteiger partial charge in [0.1, 0.15) is 6.10 Å². The van der Waals surface area contributed by atoms with Gasteiger partial charge in [0.25, 0.3) is 0 Å². The molecule has 23 heavy (non-hydrogen) atoms. The Kier molecular flexibility index (Phi) is 5.33. The van der Waals surface area contributed by atoms with Crippen LogP contribution in [0.15, 0.2) is 30.3 Å². The molecule has 0 saturated carbocycles. The Morgan fingerprint density at radius 2 is 1.83 bits per heavy atom. The van der Waals surface area contributed by atoms with Crippen LogP contribution in [0.2, 0.25) is 0 Å². The Hall–Kier alpha value is -1.58. The van der Waals surface area contributed by atoms with E-state index in [4.69, 9.17) is 4.55 Å². The molecule has 1 N–H and O–H groups in total. The van der Waals surface area contributed by atoms with Crippen molar-refractivity contribution in [2.75, 3.05) is 13.1 Å². The van der Waals surface area contributed by atoms with Crippen molar-refractivity contribution < 1.29 is 31.3 Å². The highest BCUT2D eigenvalue weighted by molar-refractivity contribution is 7.87. The second-order valence-corrected chi connectivity index (χ2v) is 6.82. The van der Waals surface area contributed by atoms with Gasteiger partial charge in [0.2, 0.25) is 0 Å². The zero-order valence-corrected chi connectivity index (χ0v) is 13.0. The summed E-state index contributed by atoms with van der Waals surface area (Å²) in [7, 11) is -5.82. The van der Waals surface area contributed by atoms with Gasteiger partial charge in [0, 0.05) is 19.6 Å². The lowest BCUT2D eigenvalue weighted by Gasteiger charge is -2.32. The lowest BCUT2D eigenvalue weighted by atomic mass is 10.1. The Morgan fingerprint density at radius 3 is 2.35 bits per heavy atom. The Bertz CT molecular complexity index is 642. The third-order valence-electron chi connectivity index (χ3n) is 3.62. The van der Waals surface area contributed by atoms with Gasteiger partial charge in [0.05, 0.1) is 0 Å². The van der Waals surface area contributed by atoms with Crippen molar-refractivity contribution in [2.24, 2.45) is 0 Å². The molecule has 0 spiro atoms. The molecule has 0 amide bonds. The van der Waals surface area contributed by atoms with Crippen molar-refractivity contribution in [3.8, 4) is 0 Å². The molecule has 6 nitrogen and oxygen atoms in total. The summed E-state index contributed by atoms with van der Waals surface area (Å²) in [5.41, 5.74) is 1.11. The molecular weight excluding hydrogens is 332 g/mol. The first-order valence-corrected chi connectivity index (χ1v) is 8.46. The molecule has 1 aromatic carbocycles. The summed E-state index contributed by atoms with van der Waals surface area (Å²) >= 11 is 0. The number of hydrogen-bond donors (Lipinski definition) is 1. The van der Waals surface area contributed by atoms with E-state index in [1.54, 1.807) is 0 Å². The number of carbonyl (C=O) groups is 1. The smallest absolute Gasteiger partial charge is 0.457 e. The fourth-order valence-corrected chi connectivity index (χ4v) is 2.61. The van der Waals surface area contributed by atoms with Crippen LogP contribution in [0.5, 0.6) is 0 Å². The van der Waals surface area contributed by atoms with Crippen molar-refractivity contribution in [1.82, 2.24) is 4.90 Å². The standard InChI is InChI=1S/C14H17F2NO5S/c15-14(16,23(19,20)21)13(18)22-12-6-8-17(9-7-12)10-11-4-2-1-3-5-11/h1-5,12H,6-10H2,(H,19,20,21). The third-order valence-corrected chi connectivity index (χ3v) is 4.43. The van der Waals surface area contributed by atoms with Crippen LogP contribution in [0.3, 0.4) is 0 Å². The largest absolute Gasteiger partial charge is 0.465 e. The SMILES string of the molecule is O=C(OC1CCN(Cc2ccccc2)CC1)C(F)(F)S(=O)(=O)O. The summed E-state index contributed by atoms with van der Waals surface area (Å²) in [5, 5.41) is -4.94. The van der Waals surface area contributed by atoms with Crippen LogP contribution in [0.1, 0.15) is 18.4 Å². The van der Waals surface area contributed by atoms with Gasteiger partial charge in [-0.05, 0) is 18.4 Å². The molecule has 2 rings (SSSR count). The predicted octanol–water partition coefficient (Wildman–Crippen LogP) is 1.67.